The highest BCUT2D eigenvalue weighted by atomic mass is 19.4. The molecule has 0 aromatic heterocycles. The van der Waals surface area contributed by atoms with Crippen LogP contribution in [-0.2, 0) is 0 Å². The minimum Gasteiger partial charge on any atom is -0.315 e. The van der Waals surface area contributed by atoms with Crippen LogP contribution in [0, 0.1) is 11.8 Å². The highest BCUT2D eigenvalue weighted by Crippen LogP contribution is 2.34. The second kappa shape index (κ2) is 6.05. The molecule has 0 aliphatic carbocycles. The van der Waals surface area contributed by atoms with Crippen LogP contribution in [0.15, 0.2) is 0 Å². The van der Waals surface area contributed by atoms with Gasteiger partial charge in [-0.25, -0.2) is 0 Å². The molecule has 0 aromatic rings. The van der Waals surface area contributed by atoms with Gasteiger partial charge in [-0.3, -0.25) is 0 Å². The third kappa shape index (κ3) is 4.47. The maximum Gasteiger partial charge on any atom is 0.391 e. The smallest absolute Gasteiger partial charge is 0.315 e. The van der Waals surface area contributed by atoms with Gasteiger partial charge in [0.15, 0.2) is 0 Å². The predicted molar refractivity (Wildman–Crippen MR) is 62.9 cm³/mol. The van der Waals surface area contributed by atoms with Gasteiger partial charge in [-0.15, -0.1) is 0 Å². The Balaban J connectivity index is 2.37. The highest BCUT2D eigenvalue weighted by Gasteiger charge is 2.41. The number of alkyl halides is 3. The second-order valence-electron chi connectivity index (χ2n) is 5.26. The van der Waals surface area contributed by atoms with Gasteiger partial charge in [-0.1, -0.05) is 13.8 Å². The van der Waals surface area contributed by atoms with Gasteiger partial charge in [-0.2, -0.15) is 13.2 Å². The minimum atomic E-state index is -4.01. The normalized spacial score (nSPS) is 22.1. The Morgan fingerprint density at radius 3 is 2.12 bits per heavy atom. The highest BCUT2D eigenvalue weighted by molar-refractivity contribution is 4.80. The SMILES string of the molecule is CNC(CN1CCC(C(F)(F)F)CC1)C(C)C. The maximum atomic E-state index is 12.5. The first-order chi connectivity index (χ1) is 7.84. The molecule has 0 saturated carbocycles. The van der Waals surface area contributed by atoms with E-state index in [0.717, 1.165) is 6.54 Å². The number of piperidine rings is 1. The average Bonchev–Trinajstić information content (AvgIpc) is 2.25. The summed E-state index contributed by atoms with van der Waals surface area (Å²) < 4.78 is 37.5. The van der Waals surface area contributed by atoms with Gasteiger partial charge in [0.2, 0.25) is 0 Å². The van der Waals surface area contributed by atoms with E-state index in [0.29, 0.717) is 25.0 Å². The summed E-state index contributed by atoms with van der Waals surface area (Å²) in [4.78, 5) is 2.14. The van der Waals surface area contributed by atoms with Crippen molar-refractivity contribution in [1.82, 2.24) is 10.2 Å². The number of nitrogens with zero attached hydrogens (tertiary/aromatic N) is 1. The van der Waals surface area contributed by atoms with Crippen LogP contribution in [0.3, 0.4) is 0 Å². The lowest BCUT2D eigenvalue weighted by Gasteiger charge is -2.35. The van der Waals surface area contributed by atoms with E-state index in [1.807, 2.05) is 7.05 Å². The zero-order valence-corrected chi connectivity index (χ0v) is 10.8. The third-order valence-corrected chi connectivity index (χ3v) is 3.68. The number of rotatable bonds is 4. The Kier molecular flexibility index (Phi) is 5.25. The molecular formula is C12H23F3N2. The van der Waals surface area contributed by atoms with Crippen molar-refractivity contribution >= 4 is 0 Å². The Hall–Kier alpha value is -0.290. The fourth-order valence-corrected chi connectivity index (χ4v) is 2.36. The van der Waals surface area contributed by atoms with Crippen LogP contribution in [0.25, 0.3) is 0 Å². The lowest BCUT2D eigenvalue weighted by Crippen LogP contribution is -2.47. The Bertz CT molecular complexity index is 220. The van der Waals surface area contributed by atoms with Crippen LogP contribution < -0.4 is 5.32 Å². The van der Waals surface area contributed by atoms with E-state index in [1.54, 1.807) is 0 Å². The number of likely N-dealkylation sites (tertiary alicyclic amines) is 1. The molecule has 5 heteroatoms. The van der Waals surface area contributed by atoms with Crippen LogP contribution in [0.1, 0.15) is 26.7 Å². The zero-order chi connectivity index (χ0) is 13.1. The standard InChI is InChI=1S/C12H23F3N2/c1-9(2)11(16-3)8-17-6-4-10(5-7-17)12(13,14)15/h9-11,16H,4-8H2,1-3H3. The van der Waals surface area contributed by atoms with Crippen LogP contribution in [0.5, 0.6) is 0 Å². The first-order valence-electron chi connectivity index (χ1n) is 6.31. The maximum absolute atomic E-state index is 12.5. The van der Waals surface area contributed by atoms with Gasteiger partial charge in [-0.05, 0) is 38.9 Å². The van der Waals surface area contributed by atoms with Crippen molar-refractivity contribution in [3.63, 3.8) is 0 Å². The molecule has 1 rings (SSSR count). The van der Waals surface area contributed by atoms with Gasteiger partial charge in [0.25, 0.3) is 0 Å². The molecule has 0 amide bonds. The Morgan fingerprint density at radius 2 is 1.76 bits per heavy atom. The molecule has 1 aliphatic heterocycles. The fourth-order valence-electron chi connectivity index (χ4n) is 2.36. The van der Waals surface area contributed by atoms with E-state index in [1.165, 1.54) is 0 Å². The summed E-state index contributed by atoms with van der Waals surface area (Å²) in [5.74, 6) is -0.592. The molecular weight excluding hydrogens is 229 g/mol. The molecule has 1 heterocycles. The summed E-state index contributed by atoms with van der Waals surface area (Å²) in [6.45, 7) is 6.23. The lowest BCUT2D eigenvalue weighted by molar-refractivity contribution is -0.185. The van der Waals surface area contributed by atoms with Crippen molar-refractivity contribution in [2.75, 3.05) is 26.7 Å². The molecule has 1 N–H and O–H groups in total. The van der Waals surface area contributed by atoms with Crippen LogP contribution >= 0.6 is 0 Å². The molecule has 0 spiro atoms. The van der Waals surface area contributed by atoms with Gasteiger partial charge in [0.1, 0.15) is 0 Å². The van der Waals surface area contributed by atoms with Gasteiger partial charge in [0.05, 0.1) is 5.92 Å². The van der Waals surface area contributed by atoms with Crippen molar-refractivity contribution in [3.8, 4) is 0 Å². The van der Waals surface area contributed by atoms with E-state index in [4.69, 9.17) is 0 Å². The molecule has 1 unspecified atom stereocenters. The van der Waals surface area contributed by atoms with Crippen LogP contribution in [0.4, 0.5) is 13.2 Å². The molecule has 0 aromatic carbocycles. The largest absolute Gasteiger partial charge is 0.391 e. The monoisotopic (exact) mass is 252 g/mol. The van der Waals surface area contributed by atoms with Crippen molar-refractivity contribution in [2.45, 2.75) is 38.9 Å². The van der Waals surface area contributed by atoms with Crippen molar-refractivity contribution in [3.05, 3.63) is 0 Å². The second-order valence-corrected chi connectivity index (χ2v) is 5.26. The van der Waals surface area contributed by atoms with E-state index >= 15 is 0 Å². The third-order valence-electron chi connectivity index (χ3n) is 3.68. The first kappa shape index (κ1) is 14.8. The summed E-state index contributed by atoms with van der Waals surface area (Å²) in [5.41, 5.74) is 0. The molecule has 102 valence electrons. The fraction of sp³-hybridized carbons (Fsp3) is 1.00. The van der Waals surface area contributed by atoms with E-state index in [2.05, 4.69) is 24.1 Å². The molecule has 0 bridgehead atoms. The van der Waals surface area contributed by atoms with Gasteiger partial charge < -0.3 is 10.2 Å². The summed E-state index contributed by atoms with van der Waals surface area (Å²) >= 11 is 0. The number of likely N-dealkylation sites (N-methyl/N-ethyl adjacent to an activating group) is 1. The Morgan fingerprint density at radius 1 is 1.24 bits per heavy atom. The quantitative estimate of drug-likeness (QED) is 0.827. The van der Waals surface area contributed by atoms with Gasteiger partial charge >= 0.3 is 6.18 Å². The molecule has 2 nitrogen and oxygen atoms in total. The summed E-state index contributed by atoms with van der Waals surface area (Å²) in [6.07, 6.45) is -3.51. The van der Waals surface area contributed by atoms with E-state index < -0.39 is 12.1 Å². The van der Waals surface area contributed by atoms with Crippen LogP contribution in [-0.4, -0.2) is 43.8 Å². The zero-order valence-electron chi connectivity index (χ0n) is 10.8. The summed E-state index contributed by atoms with van der Waals surface area (Å²) in [7, 11) is 1.91. The van der Waals surface area contributed by atoms with Crippen molar-refractivity contribution < 1.29 is 13.2 Å². The van der Waals surface area contributed by atoms with Gasteiger partial charge in [0, 0.05) is 12.6 Å². The number of hydrogen-bond donors (Lipinski definition) is 1. The molecule has 1 atom stereocenters. The summed E-state index contributed by atoms with van der Waals surface area (Å²) in [6, 6.07) is 0.359. The van der Waals surface area contributed by atoms with E-state index in [9.17, 15) is 13.2 Å². The summed E-state index contributed by atoms with van der Waals surface area (Å²) in [5, 5.41) is 3.23. The van der Waals surface area contributed by atoms with Crippen molar-refractivity contribution in [2.24, 2.45) is 11.8 Å². The molecule has 1 aliphatic rings. The predicted octanol–water partition coefficient (Wildman–Crippen LogP) is 2.50. The minimum absolute atomic E-state index is 0.248. The first-order valence-corrected chi connectivity index (χ1v) is 6.31. The molecule has 17 heavy (non-hydrogen) atoms. The lowest BCUT2D eigenvalue weighted by atomic mass is 9.95. The Labute approximate surface area is 102 Å². The number of halogens is 3. The average molecular weight is 252 g/mol. The van der Waals surface area contributed by atoms with E-state index in [-0.39, 0.29) is 12.8 Å². The molecule has 0 radical (unpaired) electrons. The number of hydrogen-bond acceptors (Lipinski definition) is 2. The molecule has 1 saturated heterocycles. The topological polar surface area (TPSA) is 15.3 Å². The number of nitrogens with one attached hydrogen (secondary N) is 1. The molecule has 1 fully saturated rings. The van der Waals surface area contributed by atoms with Crippen molar-refractivity contribution in [1.29, 1.82) is 0 Å². The van der Waals surface area contributed by atoms with Crippen LogP contribution in [0.2, 0.25) is 0 Å².